The van der Waals surface area contributed by atoms with E-state index in [2.05, 4.69) is 15.5 Å². The van der Waals surface area contributed by atoms with Gasteiger partial charge < -0.3 is 19.3 Å². The van der Waals surface area contributed by atoms with Crippen molar-refractivity contribution >= 4 is 23.6 Å². The molecular formula is C24H26N6O4S. The van der Waals surface area contributed by atoms with E-state index in [1.807, 2.05) is 50.2 Å². The van der Waals surface area contributed by atoms with Gasteiger partial charge in [-0.1, -0.05) is 36.0 Å². The minimum atomic E-state index is -0.674. The Bertz CT molecular complexity index is 1240. The number of thioether (sulfide) groups is 1. The van der Waals surface area contributed by atoms with Gasteiger partial charge in [-0.05, 0) is 53.6 Å². The summed E-state index contributed by atoms with van der Waals surface area (Å²) in [6.07, 6.45) is -0.674. The largest absolute Gasteiger partial charge is 0.485 e. The third kappa shape index (κ3) is 4.81. The van der Waals surface area contributed by atoms with Crippen LogP contribution < -0.4 is 9.47 Å². The summed E-state index contributed by atoms with van der Waals surface area (Å²) < 4.78 is 13.2. The van der Waals surface area contributed by atoms with Crippen molar-refractivity contribution in [1.29, 1.82) is 0 Å². The zero-order valence-electron chi connectivity index (χ0n) is 19.6. The number of fused-ring (bicyclic) bond motifs is 1. The summed E-state index contributed by atoms with van der Waals surface area (Å²) in [5.74, 6) is 1.31. The van der Waals surface area contributed by atoms with E-state index in [4.69, 9.17) is 9.47 Å². The quantitative estimate of drug-likeness (QED) is 0.496. The number of ether oxygens (including phenoxy) is 2. The van der Waals surface area contributed by atoms with Gasteiger partial charge in [0.1, 0.15) is 6.61 Å². The zero-order valence-corrected chi connectivity index (χ0v) is 20.4. The number of benzene rings is 2. The molecule has 5 rings (SSSR count). The number of hydrogen-bond donors (Lipinski definition) is 0. The number of rotatable bonds is 5. The molecule has 2 aliphatic rings. The average Bonchev–Trinajstić information content (AvgIpc) is 3.36. The Morgan fingerprint density at radius 2 is 1.74 bits per heavy atom. The van der Waals surface area contributed by atoms with Crippen LogP contribution in [0.2, 0.25) is 0 Å². The molecule has 0 radical (unpaired) electrons. The molecule has 2 aromatic carbocycles. The van der Waals surface area contributed by atoms with Crippen LogP contribution in [0.1, 0.15) is 11.1 Å². The van der Waals surface area contributed by atoms with Crippen LogP contribution in [0.4, 0.5) is 0 Å². The Balaban J connectivity index is 1.14. The van der Waals surface area contributed by atoms with Crippen LogP contribution in [0.25, 0.3) is 5.69 Å². The molecule has 0 aliphatic carbocycles. The number of carbonyl (C=O) groups is 2. The Morgan fingerprint density at radius 1 is 1.00 bits per heavy atom. The number of tetrazole rings is 1. The van der Waals surface area contributed by atoms with Crippen molar-refractivity contribution in [3.8, 4) is 17.2 Å². The summed E-state index contributed by atoms with van der Waals surface area (Å²) >= 11 is 1.31. The van der Waals surface area contributed by atoms with Crippen molar-refractivity contribution in [1.82, 2.24) is 30.0 Å². The Hall–Kier alpha value is -3.60. The summed E-state index contributed by atoms with van der Waals surface area (Å²) in [4.78, 5) is 29.3. The molecule has 0 N–H and O–H groups in total. The van der Waals surface area contributed by atoms with Crippen molar-refractivity contribution < 1.29 is 19.1 Å². The van der Waals surface area contributed by atoms with Crippen LogP contribution in [0, 0.1) is 13.8 Å². The number of piperazine rings is 1. The number of amides is 2. The summed E-state index contributed by atoms with van der Waals surface area (Å²) in [6.45, 7) is 6.09. The van der Waals surface area contributed by atoms with Gasteiger partial charge in [-0.3, -0.25) is 9.59 Å². The molecular weight excluding hydrogens is 468 g/mol. The van der Waals surface area contributed by atoms with E-state index in [1.165, 1.54) is 11.8 Å². The van der Waals surface area contributed by atoms with Crippen molar-refractivity contribution in [3.05, 3.63) is 53.6 Å². The lowest BCUT2D eigenvalue weighted by Crippen LogP contribution is -2.55. The molecule has 3 heterocycles. The molecule has 35 heavy (non-hydrogen) atoms. The SMILES string of the molecule is Cc1cccc(-n2nnnc2SCC(=O)N2CCN(C(=O)C3COc4ccccc4O3)CC2)c1C. The lowest BCUT2D eigenvalue weighted by molar-refractivity contribution is -0.145. The molecule has 1 fully saturated rings. The minimum absolute atomic E-state index is 0.0104. The highest BCUT2D eigenvalue weighted by molar-refractivity contribution is 7.99. The molecule has 3 aromatic rings. The van der Waals surface area contributed by atoms with Gasteiger partial charge in [0.05, 0.1) is 11.4 Å². The molecule has 11 heteroatoms. The van der Waals surface area contributed by atoms with Crippen LogP contribution in [-0.2, 0) is 9.59 Å². The third-order valence-electron chi connectivity index (χ3n) is 6.30. The fourth-order valence-electron chi connectivity index (χ4n) is 4.12. The molecule has 0 bridgehead atoms. The molecule has 1 atom stereocenters. The maximum absolute atomic E-state index is 12.9. The third-order valence-corrected chi connectivity index (χ3v) is 7.20. The van der Waals surface area contributed by atoms with E-state index in [9.17, 15) is 9.59 Å². The molecule has 1 aromatic heterocycles. The monoisotopic (exact) mass is 494 g/mol. The predicted octanol–water partition coefficient (Wildman–Crippen LogP) is 1.88. The van der Waals surface area contributed by atoms with Gasteiger partial charge in [-0.15, -0.1) is 5.10 Å². The second-order valence-corrected chi connectivity index (χ2v) is 9.39. The Labute approximate surface area is 207 Å². The van der Waals surface area contributed by atoms with Crippen LogP contribution >= 0.6 is 11.8 Å². The maximum atomic E-state index is 12.9. The molecule has 2 amide bonds. The molecule has 1 unspecified atom stereocenters. The van der Waals surface area contributed by atoms with Crippen LogP contribution in [-0.4, -0.2) is 86.5 Å². The number of hydrogen-bond acceptors (Lipinski definition) is 8. The minimum Gasteiger partial charge on any atom is -0.485 e. The molecule has 10 nitrogen and oxygen atoms in total. The predicted molar refractivity (Wildman–Crippen MR) is 129 cm³/mol. The van der Waals surface area contributed by atoms with Crippen LogP contribution in [0.5, 0.6) is 11.5 Å². The summed E-state index contributed by atoms with van der Waals surface area (Å²) in [7, 11) is 0. The van der Waals surface area contributed by atoms with Crippen molar-refractivity contribution in [3.63, 3.8) is 0 Å². The van der Waals surface area contributed by atoms with Crippen molar-refractivity contribution in [2.75, 3.05) is 38.5 Å². The summed E-state index contributed by atoms with van der Waals surface area (Å²) in [5, 5.41) is 12.6. The molecule has 0 spiro atoms. The first-order valence-corrected chi connectivity index (χ1v) is 12.4. The van der Waals surface area contributed by atoms with E-state index in [0.717, 1.165) is 16.8 Å². The van der Waals surface area contributed by atoms with Crippen LogP contribution in [0.15, 0.2) is 47.6 Å². The average molecular weight is 495 g/mol. The maximum Gasteiger partial charge on any atom is 0.267 e. The van der Waals surface area contributed by atoms with Crippen molar-refractivity contribution in [2.45, 2.75) is 25.1 Å². The van der Waals surface area contributed by atoms with E-state index in [-0.39, 0.29) is 24.2 Å². The fourth-order valence-corrected chi connectivity index (χ4v) is 4.91. The zero-order chi connectivity index (χ0) is 24.4. The van der Waals surface area contributed by atoms with Crippen LogP contribution in [0.3, 0.4) is 0 Å². The standard InChI is InChI=1S/C24H26N6O4S/c1-16-6-5-7-18(17(16)2)30-24(25-26-27-30)35-15-22(31)28-10-12-29(13-11-28)23(32)21-14-33-19-8-3-4-9-20(19)34-21/h3-9,21H,10-15H2,1-2H3. The highest BCUT2D eigenvalue weighted by Crippen LogP contribution is 2.31. The first kappa shape index (κ1) is 23.2. The summed E-state index contributed by atoms with van der Waals surface area (Å²) in [6, 6.07) is 13.3. The van der Waals surface area contributed by atoms with Gasteiger partial charge in [0.25, 0.3) is 5.91 Å². The van der Waals surface area contributed by atoms with Gasteiger partial charge in [0.2, 0.25) is 17.2 Å². The van der Waals surface area contributed by atoms with Gasteiger partial charge in [-0.25, -0.2) is 0 Å². The topological polar surface area (TPSA) is 103 Å². The highest BCUT2D eigenvalue weighted by atomic mass is 32.2. The molecule has 182 valence electrons. The van der Waals surface area contributed by atoms with Gasteiger partial charge in [0, 0.05) is 26.2 Å². The van der Waals surface area contributed by atoms with E-state index in [1.54, 1.807) is 20.5 Å². The van der Waals surface area contributed by atoms with E-state index >= 15 is 0 Å². The first-order valence-electron chi connectivity index (χ1n) is 11.4. The lowest BCUT2D eigenvalue weighted by Gasteiger charge is -2.37. The Kier molecular flexibility index (Phi) is 6.58. The second kappa shape index (κ2) is 9.95. The fraction of sp³-hybridized carbons (Fsp3) is 0.375. The molecule has 1 saturated heterocycles. The first-order chi connectivity index (χ1) is 17.0. The van der Waals surface area contributed by atoms with E-state index < -0.39 is 6.10 Å². The summed E-state index contributed by atoms with van der Waals surface area (Å²) in [5.41, 5.74) is 3.13. The second-order valence-electron chi connectivity index (χ2n) is 8.45. The molecule has 0 saturated carbocycles. The van der Waals surface area contributed by atoms with Gasteiger partial charge in [0.15, 0.2) is 11.5 Å². The smallest absolute Gasteiger partial charge is 0.267 e. The number of carbonyl (C=O) groups excluding carboxylic acids is 2. The van der Waals surface area contributed by atoms with Crippen molar-refractivity contribution in [2.24, 2.45) is 0 Å². The number of nitrogens with zero attached hydrogens (tertiary/aromatic N) is 6. The molecule has 2 aliphatic heterocycles. The number of aromatic nitrogens is 4. The number of aryl methyl sites for hydroxylation is 1. The normalized spacial score (nSPS) is 17.4. The van der Waals surface area contributed by atoms with Gasteiger partial charge in [-0.2, -0.15) is 4.68 Å². The van der Waals surface area contributed by atoms with E-state index in [0.29, 0.717) is 42.8 Å². The lowest BCUT2D eigenvalue weighted by atomic mass is 10.1. The highest BCUT2D eigenvalue weighted by Gasteiger charge is 2.33. The Morgan fingerprint density at radius 3 is 2.54 bits per heavy atom. The van der Waals surface area contributed by atoms with Gasteiger partial charge >= 0.3 is 0 Å². The number of para-hydroxylation sites is 2.